The maximum Gasteiger partial charge on any atom is 0.270 e. The predicted octanol–water partition coefficient (Wildman–Crippen LogP) is 4.78. The minimum Gasteiger partial charge on any atom is -0.318 e. The Morgan fingerprint density at radius 2 is 1.76 bits per heavy atom. The molecule has 5 rings (SSSR count). The number of anilines is 1. The molecule has 1 aliphatic rings. The fraction of sp³-hybridized carbons (Fsp3) is 0.111. The van der Waals surface area contributed by atoms with E-state index >= 15 is 0 Å². The summed E-state index contributed by atoms with van der Waals surface area (Å²) in [5.41, 5.74) is 6.26. The third-order valence-electron chi connectivity index (χ3n) is 5.98. The SMILES string of the molecule is Cc1cccc(N2C(=O)C(=Cc3cc(C)n(-c4ccc5ncccc5c4)c3C)C(=O)NC2=S)c1. The van der Waals surface area contributed by atoms with Gasteiger partial charge in [0, 0.05) is 28.7 Å². The van der Waals surface area contributed by atoms with E-state index < -0.39 is 11.8 Å². The first-order chi connectivity index (χ1) is 16.3. The average molecular weight is 467 g/mol. The highest BCUT2D eigenvalue weighted by molar-refractivity contribution is 7.80. The predicted molar refractivity (Wildman–Crippen MR) is 138 cm³/mol. The third-order valence-corrected chi connectivity index (χ3v) is 6.26. The number of hydrogen-bond donors (Lipinski definition) is 1. The summed E-state index contributed by atoms with van der Waals surface area (Å²) >= 11 is 5.31. The molecule has 0 atom stereocenters. The van der Waals surface area contributed by atoms with Crippen molar-refractivity contribution < 1.29 is 9.59 Å². The number of thiocarbonyl (C=S) groups is 1. The maximum absolute atomic E-state index is 13.4. The average Bonchev–Trinajstić information content (AvgIpc) is 3.09. The van der Waals surface area contributed by atoms with Crippen LogP contribution in [0.25, 0.3) is 22.7 Å². The molecule has 0 saturated carbocycles. The van der Waals surface area contributed by atoms with Crippen LogP contribution in [-0.2, 0) is 9.59 Å². The number of aryl methyl sites for hydroxylation is 2. The summed E-state index contributed by atoms with van der Waals surface area (Å²) in [6, 6.07) is 19.4. The first kappa shape index (κ1) is 21.7. The maximum atomic E-state index is 13.4. The number of carbonyl (C=O) groups excluding carboxylic acids is 2. The summed E-state index contributed by atoms with van der Waals surface area (Å²) in [5.74, 6) is -0.943. The van der Waals surface area contributed by atoms with Crippen LogP contribution >= 0.6 is 12.2 Å². The Morgan fingerprint density at radius 3 is 2.56 bits per heavy atom. The number of rotatable bonds is 3. The first-order valence-corrected chi connectivity index (χ1v) is 11.3. The monoisotopic (exact) mass is 466 g/mol. The van der Waals surface area contributed by atoms with Gasteiger partial charge in [0.1, 0.15) is 5.57 Å². The summed E-state index contributed by atoms with van der Waals surface area (Å²) in [6.45, 7) is 5.91. The minimum atomic E-state index is -0.500. The van der Waals surface area contributed by atoms with Crippen LogP contribution in [0.3, 0.4) is 0 Å². The molecule has 34 heavy (non-hydrogen) atoms. The van der Waals surface area contributed by atoms with Gasteiger partial charge in [-0.15, -0.1) is 0 Å². The molecular formula is C27H22N4O2S. The second-order valence-electron chi connectivity index (χ2n) is 8.34. The Balaban J connectivity index is 1.57. The Labute approximate surface area is 202 Å². The molecule has 1 N–H and O–H groups in total. The van der Waals surface area contributed by atoms with Crippen LogP contribution in [0.5, 0.6) is 0 Å². The standard InChI is InChI=1S/C27H22N4O2S/c1-16-6-4-8-21(12-16)31-26(33)23(25(32)29-27(31)34)15-20-13-17(2)30(18(20)3)22-9-10-24-19(14-22)7-5-11-28-24/h4-15H,1-3H3,(H,29,32,34). The molecule has 0 unspecified atom stereocenters. The molecule has 0 aliphatic carbocycles. The molecule has 0 spiro atoms. The van der Waals surface area contributed by atoms with E-state index in [1.54, 1.807) is 18.3 Å². The molecule has 7 heteroatoms. The third kappa shape index (κ3) is 3.70. The van der Waals surface area contributed by atoms with Gasteiger partial charge in [0.2, 0.25) is 0 Å². The summed E-state index contributed by atoms with van der Waals surface area (Å²) < 4.78 is 2.10. The van der Waals surface area contributed by atoms with Gasteiger partial charge in [-0.1, -0.05) is 18.2 Å². The molecule has 2 aromatic heterocycles. The van der Waals surface area contributed by atoms with E-state index in [2.05, 4.69) is 20.9 Å². The summed E-state index contributed by atoms with van der Waals surface area (Å²) in [4.78, 5) is 31.9. The van der Waals surface area contributed by atoms with Gasteiger partial charge < -0.3 is 4.57 Å². The van der Waals surface area contributed by atoms with Crippen LogP contribution in [0.4, 0.5) is 5.69 Å². The molecule has 2 aromatic carbocycles. The summed E-state index contributed by atoms with van der Waals surface area (Å²) in [7, 11) is 0. The molecule has 1 aliphatic heterocycles. The van der Waals surface area contributed by atoms with Gasteiger partial charge in [0.05, 0.1) is 11.2 Å². The number of amides is 2. The second kappa shape index (κ2) is 8.35. The number of carbonyl (C=O) groups is 2. The molecule has 6 nitrogen and oxygen atoms in total. The van der Waals surface area contributed by atoms with Crippen molar-refractivity contribution >= 4 is 51.8 Å². The van der Waals surface area contributed by atoms with Gasteiger partial charge in [0.25, 0.3) is 11.8 Å². The fourth-order valence-corrected chi connectivity index (χ4v) is 4.63. The van der Waals surface area contributed by atoms with Crippen molar-refractivity contribution in [3.05, 3.63) is 94.9 Å². The molecule has 168 valence electrons. The number of hydrogen-bond acceptors (Lipinski definition) is 4. The summed E-state index contributed by atoms with van der Waals surface area (Å²) in [5, 5.41) is 3.77. The smallest absolute Gasteiger partial charge is 0.270 e. The van der Waals surface area contributed by atoms with Gasteiger partial charge in [0.15, 0.2) is 5.11 Å². The zero-order chi connectivity index (χ0) is 24.0. The van der Waals surface area contributed by atoms with E-state index in [1.807, 2.05) is 69.3 Å². The van der Waals surface area contributed by atoms with Gasteiger partial charge in [-0.05, 0) is 92.7 Å². The number of pyridine rings is 1. The fourth-order valence-electron chi connectivity index (χ4n) is 4.35. The lowest BCUT2D eigenvalue weighted by molar-refractivity contribution is -0.122. The van der Waals surface area contributed by atoms with Crippen molar-refractivity contribution in [3.63, 3.8) is 0 Å². The van der Waals surface area contributed by atoms with Crippen LogP contribution in [-0.4, -0.2) is 26.5 Å². The molecule has 4 aromatic rings. The van der Waals surface area contributed by atoms with Crippen LogP contribution in [0.1, 0.15) is 22.5 Å². The largest absolute Gasteiger partial charge is 0.318 e. The summed E-state index contributed by atoms with van der Waals surface area (Å²) in [6.07, 6.45) is 3.42. The van der Waals surface area contributed by atoms with E-state index in [1.165, 1.54) is 4.90 Å². The van der Waals surface area contributed by atoms with E-state index in [0.29, 0.717) is 5.69 Å². The highest BCUT2D eigenvalue weighted by Gasteiger charge is 2.34. The van der Waals surface area contributed by atoms with Gasteiger partial charge >= 0.3 is 0 Å². The minimum absolute atomic E-state index is 0.0399. The van der Waals surface area contributed by atoms with E-state index in [9.17, 15) is 9.59 Å². The zero-order valence-electron chi connectivity index (χ0n) is 19.0. The molecule has 1 saturated heterocycles. The Kier molecular flexibility index (Phi) is 5.34. The van der Waals surface area contributed by atoms with Crippen LogP contribution in [0.2, 0.25) is 0 Å². The molecule has 1 fully saturated rings. The van der Waals surface area contributed by atoms with Crippen molar-refractivity contribution in [3.8, 4) is 5.69 Å². The quantitative estimate of drug-likeness (QED) is 0.268. The van der Waals surface area contributed by atoms with Crippen LogP contribution in [0.15, 0.2) is 72.4 Å². The Bertz CT molecular complexity index is 1530. The van der Waals surface area contributed by atoms with E-state index in [4.69, 9.17) is 12.2 Å². The normalized spacial score (nSPS) is 15.3. The van der Waals surface area contributed by atoms with Crippen LogP contribution in [0, 0.1) is 20.8 Å². The number of aromatic nitrogens is 2. The second-order valence-corrected chi connectivity index (χ2v) is 8.73. The lowest BCUT2D eigenvalue weighted by Crippen LogP contribution is -2.54. The van der Waals surface area contributed by atoms with Crippen molar-refractivity contribution in [2.45, 2.75) is 20.8 Å². The van der Waals surface area contributed by atoms with Crippen molar-refractivity contribution in [2.75, 3.05) is 4.90 Å². The van der Waals surface area contributed by atoms with Crippen LogP contribution < -0.4 is 10.2 Å². The van der Waals surface area contributed by atoms with Gasteiger partial charge in [-0.25, -0.2) is 0 Å². The number of nitrogens with one attached hydrogen (secondary N) is 1. The number of fused-ring (bicyclic) bond motifs is 1. The topological polar surface area (TPSA) is 67.2 Å². The zero-order valence-corrected chi connectivity index (χ0v) is 19.8. The molecule has 2 amide bonds. The molecule has 0 radical (unpaired) electrons. The first-order valence-electron chi connectivity index (χ1n) is 10.9. The molecule has 0 bridgehead atoms. The molecule has 3 heterocycles. The van der Waals surface area contributed by atoms with Crippen molar-refractivity contribution in [2.24, 2.45) is 0 Å². The highest BCUT2D eigenvalue weighted by atomic mass is 32.1. The Morgan fingerprint density at radius 1 is 0.941 bits per heavy atom. The van der Waals surface area contributed by atoms with Crippen molar-refractivity contribution in [1.29, 1.82) is 0 Å². The highest BCUT2D eigenvalue weighted by Crippen LogP contribution is 2.27. The Hall–Kier alpha value is -4.10. The van der Waals surface area contributed by atoms with Gasteiger partial charge in [-0.2, -0.15) is 0 Å². The number of nitrogens with zero attached hydrogens (tertiary/aromatic N) is 3. The number of benzene rings is 2. The lowest BCUT2D eigenvalue weighted by atomic mass is 10.1. The van der Waals surface area contributed by atoms with E-state index in [-0.39, 0.29) is 10.7 Å². The van der Waals surface area contributed by atoms with Crippen molar-refractivity contribution in [1.82, 2.24) is 14.9 Å². The molecular weight excluding hydrogens is 444 g/mol. The van der Waals surface area contributed by atoms with E-state index in [0.717, 1.165) is 39.1 Å². The van der Waals surface area contributed by atoms with Gasteiger partial charge in [-0.3, -0.25) is 24.8 Å². The lowest BCUT2D eigenvalue weighted by Gasteiger charge is -2.29.